The zero-order chi connectivity index (χ0) is 14.3. The van der Waals surface area contributed by atoms with Gasteiger partial charge in [-0.2, -0.15) is 13.2 Å². The SMILES string of the molecule is CC1(C)CN(C=O)C[C@@H]1c1ccc(C(F)(F)F)cc1. The number of nitrogens with zero attached hydrogens (tertiary/aromatic N) is 1. The van der Waals surface area contributed by atoms with Crippen LogP contribution in [0.2, 0.25) is 0 Å². The molecule has 1 aliphatic heterocycles. The van der Waals surface area contributed by atoms with Gasteiger partial charge >= 0.3 is 6.18 Å². The molecule has 0 spiro atoms. The molecule has 0 radical (unpaired) electrons. The van der Waals surface area contributed by atoms with Crippen LogP contribution in [0.5, 0.6) is 0 Å². The molecule has 1 heterocycles. The van der Waals surface area contributed by atoms with Crippen LogP contribution in [-0.2, 0) is 11.0 Å². The summed E-state index contributed by atoms with van der Waals surface area (Å²) in [6.07, 6.45) is -3.51. The van der Waals surface area contributed by atoms with Crippen molar-refractivity contribution in [3.8, 4) is 0 Å². The Morgan fingerprint density at radius 1 is 1.26 bits per heavy atom. The number of halogens is 3. The zero-order valence-corrected chi connectivity index (χ0v) is 10.9. The molecule has 1 saturated heterocycles. The highest BCUT2D eigenvalue weighted by molar-refractivity contribution is 5.49. The van der Waals surface area contributed by atoms with Crippen LogP contribution < -0.4 is 0 Å². The molecule has 0 bridgehead atoms. The molecule has 0 unspecified atom stereocenters. The predicted octanol–water partition coefficient (Wildman–Crippen LogP) is 3.29. The van der Waals surface area contributed by atoms with E-state index in [-0.39, 0.29) is 11.3 Å². The normalized spacial score (nSPS) is 22.6. The highest BCUT2D eigenvalue weighted by Gasteiger charge is 2.40. The lowest BCUT2D eigenvalue weighted by atomic mass is 9.78. The first-order valence-corrected chi connectivity index (χ1v) is 6.10. The van der Waals surface area contributed by atoms with Crippen LogP contribution in [0.3, 0.4) is 0 Å². The van der Waals surface area contributed by atoms with Crippen molar-refractivity contribution in [1.82, 2.24) is 4.90 Å². The molecule has 1 aromatic carbocycles. The molecule has 0 N–H and O–H groups in total. The van der Waals surface area contributed by atoms with E-state index in [1.54, 1.807) is 4.90 Å². The van der Waals surface area contributed by atoms with E-state index in [4.69, 9.17) is 0 Å². The van der Waals surface area contributed by atoms with Gasteiger partial charge in [-0.3, -0.25) is 4.79 Å². The molecule has 104 valence electrons. The quantitative estimate of drug-likeness (QED) is 0.756. The number of hydrogen-bond donors (Lipinski definition) is 0. The van der Waals surface area contributed by atoms with Gasteiger partial charge in [0, 0.05) is 19.0 Å². The fraction of sp³-hybridized carbons (Fsp3) is 0.500. The molecule has 2 rings (SSSR count). The Kier molecular flexibility index (Phi) is 3.32. The Hall–Kier alpha value is -1.52. The van der Waals surface area contributed by atoms with Gasteiger partial charge < -0.3 is 4.90 Å². The number of amides is 1. The molecule has 0 aromatic heterocycles. The third-order valence-corrected chi connectivity index (χ3v) is 3.76. The lowest BCUT2D eigenvalue weighted by Crippen LogP contribution is -2.22. The molecule has 2 nitrogen and oxygen atoms in total. The van der Waals surface area contributed by atoms with Gasteiger partial charge in [-0.15, -0.1) is 0 Å². The summed E-state index contributed by atoms with van der Waals surface area (Å²) in [4.78, 5) is 12.5. The summed E-state index contributed by atoms with van der Waals surface area (Å²) in [5, 5.41) is 0. The fourth-order valence-corrected chi connectivity index (χ4v) is 2.72. The van der Waals surface area contributed by atoms with Crippen LogP contribution in [0.1, 0.15) is 30.9 Å². The number of carbonyl (C=O) groups excluding carboxylic acids is 1. The standard InChI is InChI=1S/C14H16F3NO/c1-13(2)8-18(9-19)7-12(13)10-3-5-11(6-4-10)14(15,16)17/h3-6,9,12H,7-8H2,1-2H3/t12-/m1/s1. The molecule has 1 aliphatic rings. The van der Waals surface area contributed by atoms with E-state index in [2.05, 4.69) is 0 Å². The molecule has 19 heavy (non-hydrogen) atoms. The van der Waals surface area contributed by atoms with Crippen LogP contribution in [0.25, 0.3) is 0 Å². The predicted molar refractivity (Wildman–Crippen MR) is 65.6 cm³/mol. The Morgan fingerprint density at radius 2 is 1.84 bits per heavy atom. The van der Waals surface area contributed by atoms with Gasteiger partial charge in [0.05, 0.1) is 5.56 Å². The summed E-state index contributed by atoms with van der Waals surface area (Å²) < 4.78 is 37.5. The third kappa shape index (κ3) is 2.74. The van der Waals surface area contributed by atoms with E-state index in [0.717, 1.165) is 24.1 Å². The molecular weight excluding hydrogens is 255 g/mol. The maximum absolute atomic E-state index is 12.5. The zero-order valence-electron chi connectivity index (χ0n) is 10.9. The number of benzene rings is 1. The van der Waals surface area contributed by atoms with Crippen molar-refractivity contribution in [2.75, 3.05) is 13.1 Å². The van der Waals surface area contributed by atoms with Crippen LogP contribution in [0.15, 0.2) is 24.3 Å². The van der Waals surface area contributed by atoms with Gasteiger partial charge in [-0.1, -0.05) is 26.0 Å². The van der Waals surface area contributed by atoms with E-state index < -0.39 is 11.7 Å². The molecule has 1 amide bonds. The largest absolute Gasteiger partial charge is 0.416 e. The second-order valence-corrected chi connectivity index (χ2v) is 5.70. The molecule has 0 saturated carbocycles. The Labute approximate surface area is 110 Å². The number of likely N-dealkylation sites (tertiary alicyclic amines) is 1. The third-order valence-electron chi connectivity index (χ3n) is 3.76. The van der Waals surface area contributed by atoms with Crippen LogP contribution in [0.4, 0.5) is 13.2 Å². The van der Waals surface area contributed by atoms with E-state index in [1.165, 1.54) is 12.1 Å². The minimum Gasteiger partial charge on any atom is -0.344 e. The number of rotatable bonds is 2. The van der Waals surface area contributed by atoms with Gasteiger partial charge in [0.2, 0.25) is 6.41 Å². The first-order chi connectivity index (χ1) is 8.74. The van der Waals surface area contributed by atoms with Gasteiger partial charge in [0.1, 0.15) is 0 Å². The van der Waals surface area contributed by atoms with Gasteiger partial charge in [0.15, 0.2) is 0 Å². The minimum atomic E-state index is -4.31. The summed E-state index contributed by atoms with van der Waals surface area (Å²) in [5.41, 5.74) is 0.0855. The van der Waals surface area contributed by atoms with E-state index in [0.29, 0.717) is 13.1 Å². The summed E-state index contributed by atoms with van der Waals surface area (Å²) in [6.45, 7) is 5.24. The van der Waals surface area contributed by atoms with Crippen LogP contribution in [-0.4, -0.2) is 24.4 Å². The topological polar surface area (TPSA) is 20.3 Å². The molecular formula is C14H16F3NO. The first-order valence-electron chi connectivity index (χ1n) is 6.10. The van der Waals surface area contributed by atoms with Gasteiger partial charge in [-0.05, 0) is 23.1 Å². The number of carbonyl (C=O) groups is 1. The number of alkyl halides is 3. The second-order valence-electron chi connectivity index (χ2n) is 5.70. The Bertz CT molecular complexity index is 465. The second kappa shape index (κ2) is 4.54. The van der Waals surface area contributed by atoms with E-state index in [9.17, 15) is 18.0 Å². The lowest BCUT2D eigenvalue weighted by molar-refractivity contribution is -0.137. The molecule has 5 heteroatoms. The van der Waals surface area contributed by atoms with Gasteiger partial charge in [-0.25, -0.2) is 0 Å². The average molecular weight is 271 g/mol. The minimum absolute atomic E-state index is 0.0694. The first kappa shape index (κ1) is 13.9. The van der Waals surface area contributed by atoms with Gasteiger partial charge in [0.25, 0.3) is 0 Å². The van der Waals surface area contributed by atoms with E-state index >= 15 is 0 Å². The van der Waals surface area contributed by atoms with Crippen molar-refractivity contribution in [3.63, 3.8) is 0 Å². The van der Waals surface area contributed by atoms with Crippen molar-refractivity contribution in [3.05, 3.63) is 35.4 Å². The van der Waals surface area contributed by atoms with Crippen molar-refractivity contribution >= 4 is 6.41 Å². The van der Waals surface area contributed by atoms with Crippen molar-refractivity contribution < 1.29 is 18.0 Å². The molecule has 1 atom stereocenters. The highest BCUT2D eigenvalue weighted by atomic mass is 19.4. The van der Waals surface area contributed by atoms with Crippen molar-refractivity contribution in [2.24, 2.45) is 5.41 Å². The van der Waals surface area contributed by atoms with Crippen molar-refractivity contribution in [2.45, 2.75) is 25.9 Å². The highest BCUT2D eigenvalue weighted by Crippen LogP contribution is 2.42. The monoisotopic (exact) mass is 271 g/mol. The van der Waals surface area contributed by atoms with Crippen molar-refractivity contribution in [1.29, 1.82) is 0 Å². The molecule has 1 fully saturated rings. The summed E-state index contributed by atoms with van der Waals surface area (Å²) in [6, 6.07) is 5.25. The molecule has 0 aliphatic carbocycles. The average Bonchev–Trinajstić information content (AvgIpc) is 2.63. The van der Waals surface area contributed by atoms with Crippen LogP contribution >= 0.6 is 0 Å². The number of hydrogen-bond acceptors (Lipinski definition) is 1. The van der Waals surface area contributed by atoms with E-state index in [1.807, 2.05) is 13.8 Å². The maximum atomic E-state index is 12.5. The van der Waals surface area contributed by atoms with Crippen LogP contribution in [0, 0.1) is 5.41 Å². The maximum Gasteiger partial charge on any atom is 0.416 e. The summed E-state index contributed by atoms with van der Waals surface area (Å²) in [7, 11) is 0. The summed E-state index contributed by atoms with van der Waals surface area (Å²) >= 11 is 0. The fourth-order valence-electron chi connectivity index (χ4n) is 2.72. The molecule has 1 aromatic rings. The smallest absolute Gasteiger partial charge is 0.344 e. The lowest BCUT2D eigenvalue weighted by Gasteiger charge is -2.25. The Balaban J connectivity index is 2.25. The summed E-state index contributed by atoms with van der Waals surface area (Å²) in [5.74, 6) is 0.0694. The Morgan fingerprint density at radius 3 is 2.26 bits per heavy atom.